The highest BCUT2D eigenvalue weighted by atomic mass is 32.2. The van der Waals surface area contributed by atoms with Gasteiger partial charge in [-0.3, -0.25) is 0 Å². The van der Waals surface area contributed by atoms with E-state index in [-0.39, 0.29) is 0 Å². The molecule has 23 heavy (non-hydrogen) atoms. The van der Waals surface area contributed by atoms with Gasteiger partial charge >= 0.3 is 0 Å². The Morgan fingerprint density at radius 2 is 1.61 bits per heavy atom. The van der Waals surface area contributed by atoms with Gasteiger partial charge in [0, 0.05) is 25.2 Å². The Kier molecular flexibility index (Phi) is 5.54. The number of ether oxygens (including phenoxy) is 2. The van der Waals surface area contributed by atoms with Crippen molar-refractivity contribution in [2.45, 2.75) is 30.7 Å². The Balaban J connectivity index is 2.30. The number of methoxy groups -OCH3 is 2. The molecule has 0 aliphatic carbocycles. The summed E-state index contributed by atoms with van der Waals surface area (Å²) >= 11 is 0. The average molecular weight is 342 g/mol. The van der Waals surface area contributed by atoms with Crippen LogP contribution in [0.1, 0.15) is 18.4 Å². The fourth-order valence-electron chi connectivity index (χ4n) is 2.98. The molecule has 1 heterocycles. The zero-order valence-electron chi connectivity index (χ0n) is 14.5. The first-order chi connectivity index (χ1) is 10.8. The van der Waals surface area contributed by atoms with Crippen molar-refractivity contribution >= 4 is 10.0 Å². The largest absolute Gasteiger partial charge is 0.493 e. The van der Waals surface area contributed by atoms with Crippen LogP contribution in [0.3, 0.4) is 0 Å². The minimum atomic E-state index is -3.52. The minimum absolute atomic E-state index is 0.290. The van der Waals surface area contributed by atoms with Crippen molar-refractivity contribution in [1.82, 2.24) is 9.21 Å². The Bertz CT molecular complexity index is 650. The highest BCUT2D eigenvalue weighted by Crippen LogP contribution is 2.34. The summed E-state index contributed by atoms with van der Waals surface area (Å²) < 4.78 is 38.0. The van der Waals surface area contributed by atoms with Crippen LogP contribution in [0.25, 0.3) is 0 Å². The maximum Gasteiger partial charge on any atom is 0.243 e. The Morgan fingerprint density at radius 1 is 1.09 bits per heavy atom. The molecule has 0 unspecified atom stereocenters. The number of sulfonamides is 1. The molecule has 130 valence electrons. The van der Waals surface area contributed by atoms with Crippen LogP contribution in [-0.2, 0) is 10.0 Å². The summed E-state index contributed by atoms with van der Waals surface area (Å²) in [6.45, 7) is 2.86. The van der Waals surface area contributed by atoms with E-state index >= 15 is 0 Å². The summed E-state index contributed by atoms with van der Waals surface area (Å²) in [4.78, 5) is 2.45. The van der Waals surface area contributed by atoms with Gasteiger partial charge in [-0.1, -0.05) is 0 Å². The quantitative estimate of drug-likeness (QED) is 0.815. The summed E-state index contributed by atoms with van der Waals surface area (Å²) in [6, 6.07) is 3.70. The molecule has 6 nitrogen and oxygen atoms in total. The summed E-state index contributed by atoms with van der Waals surface area (Å²) in [5.74, 6) is 0.968. The molecule has 0 atom stereocenters. The zero-order chi connectivity index (χ0) is 17.2. The summed E-state index contributed by atoms with van der Waals surface area (Å²) in [7, 11) is 3.60. The van der Waals surface area contributed by atoms with Gasteiger partial charge in [0.05, 0.1) is 19.1 Å². The van der Waals surface area contributed by atoms with E-state index in [1.165, 1.54) is 14.2 Å². The molecule has 0 radical (unpaired) electrons. The van der Waals surface area contributed by atoms with Crippen molar-refractivity contribution < 1.29 is 17.9 Å². The SMILES string of the molecule is COc1cc(C)c(S(=O)(=O)N2CCC(N(C)C)CC2)cc1OC. The fourth-order valence-corrected chi connectivity index (χ4v) is 4.67. The number of hydrogen-bond donors (Lipinski definition) is 0. The van der Waals surface area contributed by atoms with E-state index in [1.54, 1.807) is 23.4 Å². The van der Waals surface area contributed by atoms with Gasteiger partial charge in [0.1, 0.15) is 0 Å². The van der Waals surface area contributed by atoms with Crippen molar-refractivity contribution in [3.8, 4) is 11.5 Å². The Morgan fingerprint density at radius 3 is 2.09 bits per heavy atom. The summed E-state index contributed by atoms with van der Waals surface area (Å²) in [5, 5.41) is 0. The molecule has 7 heteroatoms. The molecule has 0 spiro atoms. The van der Waals surface area contributed by atoms with E-state index in [1.807, 2.05) is 14.1 Å². The van der Waals surface area contributed by atoms with Crippen LogP contribution in [-0.4, -0.2) is 65.1 Å². The fraction of sp³-hybridized carbons (Fsp3) is 0.625. The van der Waals surface area contributed by atoms with Crippen molar-refractivity contribution in [3.05, 3.63) is 17.7 Å². The van der Waals surface area contributed by atoms with Crippen LogP contribution < -0.4 is 9.47 Å². The third-order valence-corrected chi connectivity index (χ3v) is 6.49. The molecule has 2 rings (SSSR count). The van der Waals surface area contributed by atoms with Gasteiger partial charge in [0.2, 0.25) is 10.0 Å². The topological polar surface area (TPSA) is 59.1 Å². The van der Waals surface area contributed by atoms with Crippen molar-refractivity contribution in [3.63, 3.8) is 0 Å². The van der Waals surface area contributed by atoms with Gasteiger partial charge < -0.3 is 14.4 Å². The van der Waals surface area contributed by atoms with Crippen molar-refractivity contribution in [1.29, 1.82) is 0 Å². The molecule has 0 aromatic heterocycles. The monoisotopic (exact) mass is 342 g/mol. The van der Waals surface area contributed by atoms with Crippen LogP contribution >= 0.6 is 0 Å². The molecule has 1 aromatic carbocycles. The van der Waals surface area contributed by atoms with Crippen LogP contribution in [0.2, 0.25) is 0 Å². The van der Waals surface area contributed by atoms with Gasteiger partial charge in [0.25, 0.3) is 0 Å². The lowest BCUT2D eigenvalue weighted by molar-refractivity contribution is 0.196. The van der Waals surface area contributed by atoms with Gasteiger partial charge in [-0.05, 0) is 45.5 Å². The predicted molar refractivity (Wildman–Crippen MR) is 89.8 cm³/mol. The lowest BCUT2D eigenvalue weighted by atomic mass is 10.1. The number of aryl methyl sites for hydroxylation is 1. The van der Waals surface area contributed by atoms with Crippen LogP contribution in [0.5, 0.6) is 11.5 Å². The highest BCUT2D eigenvalue weighted by molar-refractivity contribution is 7.89. The highest BCUT2D eigenvalue weighted by Gasteiger charge is 2.31. The third-order valence-electron chi connectivity index (χ3n) is 4.45. The molecular formula is C16H26N2O4S. The van der Waals surface area contributed by atoms with Gasteiger partial charge in [-0.2, -0.15) is 4.31 Å². The predicted octanol–water partition coefficient (Wildman–Crippen LogP) is 1.73. The maximum absolute atomic E-state index is 13.0. The first kappa shape index (κ1) is 18.0. The number of benzene rings is 1. The van der Waals surface area contributed by atoms with Gasteiger partial charge in [0.15, 0.2) is 11.5 Å². The molecule has 1 aliphatic rings. The van der Waals surface area contributed by atoms with Crippen LogP contribution in [0, 0.1) is 6.92 Å². The molecule has 0 saturated carbocycles. The molecule has 0 amide bonds. The minimum Gasteiger partial charge on any atom is -0.493 e. The molecular weight excluding hydrogens is 316 g/mol. The van der Waals surface area contributed by atoms with Gasteiger partial charge in [-0.25, -0.2) is 8.42 Å². The second-order valence-corrected chi connectivity index (χ2v) is 7.98. The van der Waals surface area contributed by atoms with E-state index in [4.69, 9.17) is 9.47 Å². The second kappa shape index (κ2) is 7.07. The smallest absolute Gasteiger partial charge is 0.243 e. The number of hydrogen-bond acceptors (Lipinski definition) is 5. The Labute approximate surface area is 139 Å². The van der Waals surface area contributed by atoms with Gasteiger partial charge in [-0.15, -0.1) is 0 Å². The summed E-state index contributed by atoms with van der Waals surface area (Å²) in [5.41, 5.74) is 0.664. The third kappa shape index (κ3) is 3.62. The van der Waals surface area contributed by atoms with E-state index in [0.717, 1.165) is 12.8 Å². The number of rotatable bonds is 5. The maximum atomic E-state index is 13.0. The standard InChI is InChI=1S/C16H26N2O4S/c1-12-10-14(21-4)15(22-5)11-16(12)23(19,20)18-8-6-13(7-9-18)17(2)3/h10-11,13H,6-9H2,1-5H3. The zero-order valence-corrected chi connectivity index (χ0v) is 15.3. The molecule has 1 saturated heterocycles. The lowest BCUT2D eigenvalue weighted by Crippen LogP contribution is -2.44. The second-order valence-electron chi connectivity index (χ2n) is 6.07. The number of nitrogens with zero attached hydrogens (tertiary/aromatic N) is 2. The first-order valence-corrected chi connectivity index (χ1v) is 9.14. The van der Waals surface area contributed by atoms with E-state index in [0.29, 0.717) is 41.1 Å². The molecule has 0 bridgehead atoms. The number of piperidine rings is 1. The van der Waals surface area contributed by atoms with E-state index in [9.17, 15) is 8.42 Å². The summed E-state index contributed by atoms with van der Waals surface area (Å²) in [6.07, 6.45) is 1.69. The van der Waals surface area contributed by atoms with E-state index in [2.05, 4.69) is 4.90 Å². The molecule has 0 N–H and O–H groups in total. The molecule has 1 aromatic rings. The van der Waals surface area contributed by atoms with E-state index < -0.39 is 10.0 Å². The van der Waals surface area contributed by atoms with Crippen molar-refractivity contribution in [2.24, 2.45) is 0 Å². The normalized spacial score (nSPS) is 17.5. The van der Waals surface area contributed by atoms with Crippen LogP contribution in [0.4, 0.5) is 0 Å². The van der Waals surface area contributed by atoms with Crippen LogP contribution in [0.15, 0.2) is 17.0 Å². The molecule has 1 aliphatic heterocycles. The average Bonchev–Trinajstić information content (AvgIpc) is 2.54. The molecule has 1 fully saturated rings. The first-order valence-electron chi connectivity index (χ1n) is 7.70. The lowest BCUT2D eigenvalue weighted by Gasteiger charge is -2.34. The Hall–Kier alpha value is -1.31. The van der Waals surface area contributed by atoms with Crippen molar-refractivity contribution in [2.75, 3.05) is 41.4 Å².